The van der Waals surface area contributed by atoms with Crippen molar-refractivity contribution < 1.29 is 14.6 Å². The molecule has 2 aromatic heterocycles. The quantitative estimate of drug-likeness (QED) is 0.226. The van der Waals surface area contributed by atoms with Crippen LogP contribution >= 0.6 is 11.6 Å². The lowest BCUT2D eigenvalue weighted by atomic mass is 9.96. The van der Waals surface area contributed by atoms with E-state index >= 15 is 0 Å². The molecular weight excluding hydrogens is 522 g/mol. The second kappa shape index (κ2) is 10.1. The Morgan fingerprint density at radius 3 is 2.33 bits per heavy atom. The van der Waals surface area contributed by atoms with E-state index in [0.717, 1.165) is 55.9 Å². The first-order chi connectivity index (χ1) is 19.3. The summed E-state index contributed by atoms with van der Waals surface area (Å²) < 4.78 is 7.66. The van der Waals surface area contributed by atoms with E-state index in [0.29, 0.717) is 10.5 Å². The number of nitrogens with zero attached hydrogens (tertiary/aromatic N) is 3. The number of aromatic nitrogens is 3. The highest BCUT2D eigenvalue weighted by atomic mass is 35.5. The molecule has 0 amide bonds. The van der Waals surface area contributed by atoms with Crippen LogP contribution in [0.5, 0.6) is 5.75 Å². The Hall–Kier alpha value is -4.68. The third-order valence-corrected chi connectivity index (χ3v) is 7.31. The number of fused-ring (bicyclic) bond motifs is 2. The number of hydrogen-bond acceptors (Lipinski definition) is 4. The molecule has 0 aliphatic rings. The lowest BCUT2D eigenvalue weighted by molar-refractivity contribution is 0.0697. The molecule has 6 rings (SSSR count). The first kappa shape index (κ1) is 25.6. The average molecular weight is 548 g/mol. The number of hydrogen-bond donors (Lipinski definition) is 1. The number of halogens is 1. The van der Waals surface area contributed by atoms with Crippen LogP contribution in [-0.4, -0.2) is 32.7 Å². The van der Waals surface area contributed by atoms with Crippen LogP contribution < -0.4 is 4.74 Å². The van der Waals surface area contributed by atoms with Gasteiger partial charge in [-0.1, -0.05) is 35.9 Å². The van der Waals surface area contributed by atoms with E-state index in [1.54, 1.807) is 19.2 Å². The van der Waals surface area contributed by atoms with E-state index in [-0.39, 0.29) is 11.6 Å². The number of aromatic carboxylic acids is 1. The van der Waals surface area contributed by atoms with Crippen LogP contribution in [0.2, 0.25) is 5.02 Å². The number of carbonyl (C=O) groups is 1. The van der Waals surface area contributed by atoms with Crippen molar-refractivity contribution in [3.63, 3.8) is 0 Å². The maximum Gasteiger partial charge on any atom is 0.335 e. The van der Waals surface area contributed by atoms with Gasteiger partial charge in [-0.15, -0.1) is 0 Å². The zero-order valence-corrected chi connectivity index (χ0v) is 23.0. The predicted molar refractivity (Wildman–Crippen MR) is 160 cm³/mol. The molecule has 0 aliphatic heterocycles. The lowest BCUT2D eigenvalue weighted by Crippen LogP contribution is -2.03. The number of carboxylic acid groups (broad SMARTS) is 1. The molecule has 0 saturated carbocycles. The van der Waals surface area contributed by atoms with E-state index in [9.17, 15) is 9.90 Å². The fraction of sp³-hybridized carbons (Fsp3) is 0.121. The zero-order valence-electron chi connectivity index (χ0n) is 22.2. The molecule has 4 aromatic carbocycles. The van der Waals surface area contributed by atoms with Gasteiger partial charge in [0, 0.05) is 27.6 Å². The van der Waals surface area contributed by atoms with Crippen molar-refractivity contribution in [2.75, 3.05) is 7.11 Å². The van der Waals surface area contributed by atoms with Gasteiger partial charge in [0.15, 0.2) is 0 Å². The highest BCUT2D eigenvalue weighted by Crippen LogP contribution is 2.36. The van der Waals surface area contributed by atoms with Gasteiger partial charge < -0.3 is 14.4 Å². The van der Waals surface area contributed by atoms with Crippen LogP contribution in [0.1, 0.15) is 30.2 Å². The number of pyridine rings is 1. The molecule has 0 aliphatic carbocycles. The maximum atomic E-state index is 11.5. The predicted octanol–water partition coefficient (Wildman–Crippen LogP) is 8.53. The maximum absolute atomic E-state index is 11.5. The van der Waals surface area contributed by atoms with Gasteiger partial charge in [-0.3, -0.25) is 0 Å². The number of imidazole rings is 1. The van der Waals surface area contributed by atoms with E-state index in [1.807, 2.05) is 66.7 Å². The molecule has 0 spiro atoms. The minimum Gasteiger partial charge on any atom is -0.497 e. The molecule has 0 bridgehead atoms. The third kappa shape index (κ3) is 4.56. The fourth-order valence-corrected chi connectivity index (χ4v) is 5.24. The van der Waals surface area contributed by atoms with Crippen molar-refractivity contribution in [2.45, 2.75) is 19.9 Å². The van der Waals surface area contributed by atoms with Gasteiger partial charge in [-0.05, 0) is 91.7 Å². The molecule has 6 aromatic rings. The van der Waals surface area contributed by atoms with E-state index < -0.39 is 5.97 Å². The zero-order chi connectivity index (χ0) is 28.0. The Kier molecular flexibility index (Phi) is 6.48. The van der Waals surface area contributed by atoms with Crippen LogP contribution in [0.15, 0.2) is 91.0 Å². The van der Waals surface area contributed by atoms with Crippen molar-refractivity contribution >= 4 is 39.5 Å². The fourth-order valence-electron chi connectivity index (χ4n) is 5.12. The van der Waals surface area contributed by atoms with Crippen LogP contribution in [0.25, 0.3) is 55.7 Å². The van der Waals surface area contributed by atoms with Gasteiger partial charge in [0.25, 0.3) is 0 Å². The summed E-state index contributed by atoms with van der Waals surface area (Å²) in [6, 6.07) is 29.1. The molecule has 198 valence electrons. The van der Waals surface area contributed by atoms with Gasteiger partial charge in [0.2, 0.25) is 0 Å². The summed E-state index contributed by atoms with van der Waals surface area (Å²) in [4.78, 5) is 21.4. The molecule has 40 heavy (non-hydrogen) atoms. The molecular formula is C33H26ClN3O3. The summed E-state index contributed by atoms with van der Waals surface area (Å²) in [5.41, 5.74) is 7.44. The molecule has 0 atom stereocenters. The summed E-state index contributed by atoms with van der Waals surface area (Å²) in [5.74, 6) is 0.574. The van der Waals surface area contributed by atoms with Gasteiger partial charge in [0.1, 0.15) is 11.6 Å². The molecule has 6 nitrogen and oxygen atoms in total. The molecule has 7 heteroatoms. The summed E-state index contributed by atoms with van der Waals surface area (Å²) in [6.45, 7) is 4.19. The first-order valence-electron chi connectivity index (χ1n) is 12.9. The van der Waals surface area contributed by atoms with Crippen molar-refractivity contribution in [3.05, 3.63) is 102 Å². The Bertz CT molecular complexity index is 1910. The summed E-state index contributed by atoms with van der Waals surface area (Å²) in [5, 5.41) is 11.1. The van der Waals surface area contributed by atoms with Crippen molar-refractivity contribution in [1.29, 1.82) is 0 Å². The highest BCUT2D eigenvalue weighted by molar-refractivity contribution is 6.30. The van der Waals surface area contributed by atoms with Crippen molar-refractivity contribution in [2.24, 2.45) is 0 Å². The summed E-state index contributed by atoms with van der Waals surface area (Å²) in [6.07, 6.45) is 0. The van der Waals surface area contributed by atoms with Gasteiger partial charge in [0.05, 0.1) is 34.9 Å². The second-order valence-corrected chi connectivity index (χ2v) is 10.4. The van der Waals surface area contributed by atoms with Crippen molar-refractivity contribution in [3.8, 4) is 39.5 Å². The molecule has 0 fully saturated rings. The third-order valence-electron chi connectivity index (χ3n) is 7.06. The second-order valence-electron chi connectivity index (χ2n) is 9.93. The minimum absolute atomic E-state index is 0.131. The van der Waals surface area contributed by atoms with Gasteiger partial charge in [-0.2, -0.15) is 0 Å². The normalized spacial score (nSPS) is 11.4. The monoisotopic (exact) mass is 547 g/mol. The van der Waals surface area contributed by atoms with E-state index in [1.165, 1.54) is 0 Å². The Balaban J connectivity index is 1.46. The largest absolute Gasteiger partial charge is 0.497 e. The van der Waals surface area contributed by atoms with E-state index in [2.05, 4.69) is 30.5 Å². The standard InChI is InChI=1S/C33H26ClN3O3/c1-19(2)37-31-15-8-23(33(38)39)17-30(31)36-32(37)22-7-13-28-21(16-22)6-14-29(35-28)27-18-25(40-3)11-12-26(27)20-4-9-24(34)10-5-20/h4-19H,1-3H3,(H,38,39). The smallest absolute Gasteiger partial charge is 0.335 e. The lowest BCUT2D eigenvalue weighted by Gasteiger charge is -2.14. The van der Waals surface area contributed by atoms with Gasteiger partial charge >= 0.3 is 5.97 Å². The first-order valence-corrected chi connectivity index (χ1v) is 13.3. The Labute approximate surface area is 236 Å². The summed E-state index contributed by atoms with van der Waals surface area (Å²) in [7, 11) is 1.66. The molecule has 1 N–H and O–H groups in total. The number of methoxy groups -OCH3 is 1. The van der Waals surface area contributed by atoms with E-state index in [4.69, 9.17) is 26.3 Å². The number of ether oxygens (including phenoxy) is 1. The van der Waals surface area contributed by atoms with Crippen LogP contribution in [0.3, 0.4) is 0 Å². The number of rotatable bonds is 6. The number of benzene rings is 4. The summed E-state index contributed by atoms with van der Waals surface area (Å²) >= 11 is 6.13. The molecule has 0 radical (unpaired) electrons. The van der Waals surface area contributed by atoms with Crippen molar-refractivity contribution in [1.82, 2.24) is 14.5 Å². The SMILES string of the molecule is COc1ccc(-c2ccc(Cl)cc2)c(-c2ccc3cc(-c4nc5cc(C(=O)O)ccc5n4C(C)C)ccc3n2)c1. The average Bonchev–Trinajstić information content (AvgIpc) is 3.36. The van der Waals surface area contributed by atoms with Crippen LogP contribution in [-0.2, 0) is 0 Å². The Morgan fingerprint density at radius 1 is 0.825 bits per heavy atom. The molecule has 2 heterocycles. The Morgan fingerprint density at radius 2 is 1.60 bits per heavy atom. The topological polar surface area (TPSA) is 77.2 Å². The molecule has 0 unspecified atom stereocenters. The molecule has 0 saturated heterocycles. The van der Waals surface area contributed by atoms with Crippen LogP contribution in [0.4, 0.5) is 0 Å². The highest BCUT2D eigenvalue weighted by Gasteiger charge is 2.18. The van der Waals surface area contributed by atoms with Crippen LogP contribution in [0, 0.1) is 0 Å². The minimum atomic E-state index is -0.967. The number of carboxylic acids is 1. The van der Waals surface area contributed by atoms with Gasteiger partial charge in [-0.25, -0.2) is 14.8 Å².